The molecule has 0 radical (unpaired) electrons. The van der Waals surface area contributed by atoms with Crippen molar-refractivity contribution in [3.05, 3.63) is 52.4 Å². The van der Waals surface area contributed by atoms with E-state index in [0.717, 1.165) is 48.4 Å². The summed E-state index contributed by atoms with van der Waals surface area (Å²) in [6.45, 7) is 4.90. The number of hydrogen-bond acceptors (Lipinski definition) is 5. The van der Waals surface area contributed by atoms with Gasteiger partial charge in [-0.25, -0.2) is 4.98 Å². The molecule has 2 aromatic heterocycles. The topological polar surface area (TPSA) is 55.6 Å². The zero-order valence-electron chi connectivity index (χ0n) is 13.8. The van der Waals surface area contributed by atoms with Gasteiger partial charge >= 0.3 is 0 Å². The summed E-state index contributed by atoms with van der Waals surface area (Å²) in [4.78, 5) is 4.74. The molecule has 1 aliphatic rings. The molecule has 0 saturated carbocycles. The Morgan fingerprint density at radius 2 is 2.12 bits per heavy atom. The Hall–Kier alpha value is -2.05. The zero-order chi connectivity index (χ0) is 16.4. The Bertz CT molecular complexity index is 808. The molecular formula is C18H21N5S. The molecule has 5 nitrogen and oxygen atoms in total. The van der Waals surface area contributed by atoms with Crippen molar-refractivity contribution in [2.45, 2.75) is 32.9 Å². The van der Waals surface area contributed by atoms with E-state index < -0.39 is 0 Å². The maximum absolute atomic E-state index is 4.74. The van der Waals surface area contributed by atoms with Crippen LogP contribution in [0.3, 0.4) is 0 Å². The minimum Gasteiger partial charge on any atom is -0.315 e. The lowest BCUT2D eigenvalue weighted by Crippen LogP contribution is -2.30. The lowest BCUT2D eigenvalue weighted by atomic mass is 9.99. The minimum atomic E-state index is 0.640. The van der Waals surface area contributed by atoms with Crippen molar-refractivity contribution in [1.82, 2.24) is 25.1 Å². The monoisotopic (exact) mass is 339 g/mol. The predicted octanol–water partition coefficient (Wildman–Crippen LogP) is 3.06. The minimum absolute atomic E-state index is 0.640. The number of thiazole rings is 1. The smallest absolute Gasteiger partial charge is 0.133 e. The van der Waals surface area contributed by atoms with Gasteiger partial charge in [0.25, 0.3) is 0 Å². The third-order valence-electron chi connectivity index (χ3n) is 4.56. The molecule has 1 atom stereocenters. The molecule has 124 valence electrons. The fourth-order valence-electron chi connectivity index (χ4n) is 3.21. The van der Waals surface area contributed by atoms with Gasteiger partial charge in [0.2, 0.25) is 0 Å². The van der Waals surface area contributed by atoms with E-state index in [1.54, 1.807) is 11.3 Å². The second kappa shape index (κ2) is 6.83. The second-order valence-electron chi connectivity index (χ2n) is 6.30. The molecule has 3 heterocycles. The molecular weight excluding hydrogens is 318 g/mol. The molecule has 0 bridgehead atoms. The molecule has 1 aromatic carbocycles. The van der Waals surface area contributed by atoms with Gasteiger partial charge in [-0.05, 0) is 19.3 Å². The van der Waals surface area contributed by atoms with Crippen LogP contribution in [-0.2, 0) is 19.5 Å². The van der Waals surface area contributed by atoms with Crippen LogP contribution in [0.15, 0.2) is 35.7 Å². The first-order chi connectivity index (χ1) is 11.8. The maximum Gasteiger partial charge on any atom is 0.133 e. The summed E-state index contributed by atoms with van der Waals surface area (Å²) in [5.74, 6) is 2.80. The molecule has 6 heteroatoms. The van der Waals surface area contributed by atoms with Crippen molar-refractivity contribution >= 4 is 11.3 Å². The zero-order valence-corrected chi connectivity index (χ0v) is 14.6. The predicted molar refractivity (Wildman–Crippen MR) is 95.8 cm³/mol. The Morgan fingerprint density at radius 3 is 3.00 bits per heavy atom. The Labute approximate surface area is 145 Å². The molecule has 0 amide bonds. The highest BCUT2D eigenvalue weighted by molar-refractivity contribution is 7.09. The van der Waals surface area contributed by atoms with E-state index in [9.17, 15) is 0 Å². The first-order valence-corrected chi connectivity index (χ1v) is 9.27. The molecule has 0 aliphatic carbocycles. The van der Waals surface area contributed by atoms with Crippen molar-refractivity contribution in [3.8, 4) is 11.3 Å². The number of hydrogen-bond donors (Lipinski definition) is 1. The van der Waals surface area contributed by atoms with Crippen molar-refractivity contribution < 1.29 is 0 Å². The molecule has 1 aliphatic heterocycles. The highest BCUT2D eigenvalue weighted by Gasteiger charge is 2.21. The van der Waals surface area contributed by atoms with Crippen LogP contribution >= 0.6 is 11.3 Å². The van der Waals surface area contributed by atoms with Crippen LogP contribution in [0, 0.1) is 12.8 Å². The Morgan fingerprint density at radius 1 is 1.25 bits per heavy atom. The fraction of sp³-hybridized carbons (Fsp3) is 0.389. The van der Waals surface area contributed by atoms with Crippen molar-refractivity contribution in [1.29, 1.82) is 0 Å². The molecule has 4 rings (SSSR count). The summed E-state index contributed by atoms with van der Waals surface area (Å²) in [6.07, 6.45) is 2.21. The van der Waals surface area contributed by atoms with E-state index in [-0.39, 0.29) is 0 Å². The number of rotatable bonds is 5. The number of fused-ring (bicyclic) bond motifs is 1. The largest absolute Gasteiger partial charge is 0.315 e. The number of nitrogens with zero attached hydrogens (tertiary/aromatic N) is 4. The summed E-state index contributed by atoms with van der Waals surface area (Å²) >= 11 is 1.72. The summed E-state index contributed by atoms with van der Waals surface area (Å²) < 4.78 is 2.26. The van der Waals surface area contributed by atoms with Crippen LogP contribution in [-0.4, -0.2) is 26.3 Å². The van der Waals surface area contributed by atoms with Crippen molar-refractivity contribution in [2.75, 3.05) is 6.54 Å². The summed E-state index contributed by atoms with van der Waals surface area (Å²) in [5, 5.41) is 15.3. The number of nitrogens with one attached hydrogen (secondary N) is 1. The molecule has 24 heavy (non-hydrogen) atoms. The average Bonchev–Trinajstić information content (AvgIpc) is 3.23. The van der Waals surface area contributed by atoms with Gasteiger partial charge in [-0.15, -0.1) is 21.5 Å². The van der Waals surface area contributed by atoms with Crippen LogP contribution in [0.1, 0.15) is 23.1 Å². The lowest BCUT2D eigenvalue weighted by Gasteiger charge is -2.24. The van der Waals surface area contributed by atoms with E-state index in [0.29, 0.717) is 5.92 Å². The molecule has 0 fully saturated rings. The van der Waals surface area contributed by atoms with Crippen LogP contribution in [0.5, 0.6) is 0 Å². The van der Waals surface area contributed by atoms with Crippen LogP contribution in [0.25, 0.3) is 11.3 Å². The molecule has 0 saturated heterocycles. The highest BCUT2D eigenvalue weighted by atomic mass is 32.1. The van der Waals surface area contributed by atoms with Gasteiger partial charge in [0.1, 0.15) is 16.7 Å². The normalized spacial score (nSPS) is 17.0. The van der Waals surface area contributed by atoms with Gasteiger partial charge in [-0.1, -0.05) is 30.3 Å². The SMILES string of the molecule is Cc1nnc2n1CC(CNCc1nc(-c3ccccc3)cs1)CC2. The van der Waals surface area contributed by atoms with E-state index >= 15 is 0 Å². The fourth-order valence-corrected chi connectivity index (χ4v) is 3.99. The van der Waals surface area contributed by atoms with E-state index in [1.807, 2.05) is 13.0 Å². The molecule has 3 aromatic rings. The lowest BCUT2D eigenvalue weighted by molar-refractivity contribution is 0.344. The van der Waals surface area contributed by atoms with Gasteiger partial charge in [-0.2, -0.15) is 0 Å². The first kappa shape index (κ1) is 15.5. The number of aryl methyl sites for hydroxylation is 2. The molecule has 1 unspecified atom stereocenters. The highest BCUT2D eigenvalue weighted by Crippen LogP contribution is 2.22. The van der Waals surface area contributed by atoms with Crippen molar-refractivity contribution in [3.63, 3.8) is 0 Å². The summed E-state index contributed by atoms with van der Waals surface area (Å²) in [5.41, 5.74) is 2.25. The van der Waals surface area contributed by atoms with E-state index in [2.05, 4.69) is 49.7 Å². The van der Waals surface area contributed by atoms with Gasteiger partial charge in [0, 0.05) is 37.0 Å². The van der Waals surface area contributed by atoms with Gasteiger partial charge in [0.15, 0.2) is 0 Å². The Balaban J connectivity index is 1.31. The molecule has 1 N–H and O–H groups in total. The van der Waals surface area contributed by atoms with Crippen LogP contribution in [0.4, 0.5) is 0 Å². The van der Waals surface area contributed by atoms with Crippen LogP contribution < -0.4 is 5.32 Å². The summed E-state index contributed by atoms with van der Waals surface area (Å²) in [6, 6.07) is 10.3. The van der Waals surface area contributed by atoms with Gasteiger partial charge in [0.05, 0.1) is 5.69 Å². The maximum atomic E-state index is 4.74. The second-order valence-corrected chi connectivity index (χ2v) is 7.24. The standard InChI is InChI=1S/C18H21N5S/c1-13-21-22-17-8-7-14(11-23(13)17)9-19-10-18-20-16(12-24-18)15-5-3-2-4-6-15/h2-6,12,14,19H,7-11H2,1H3. The number of aromatic nitrogens is 4. The van der Waals surface area contributed by atoms with Gasteiger partial charge < -0.3 is 9.88 Å². The molecule has 0 spiro atoms. The van der Waals surface area contributed by atoms with Gasteiger partial charge in [-0.3, -0.25) is 0 Å². The van der Waals surface area contributed by atoms with E-state index in [1.165, 1.54) is 12.0 Å². The summed E-state index contributed by atoms with van der Waals surface area (Å²) in [7, 11) is 0. The average molecular weight is 339 g/mol. The number of benzene rings is 1. The quantitative estimate of drug-likeness (QED) is 0.776. The van der Waals surface area contributed by atoms with Crippen molar-refractivity contribution in [2.24, 2.45) is 5.92 Å². The third kappa shape index (κ3) is 3.25. The Kier molecular flexibility index (Phi) is 4.40. The van der Waals surface area contributed by atoms with Crippen LogP contribution in [0.2, 0.25) is 0 Å². The first-order valence-electron chi connectivity index (χ1n) is 8.39. The van der Waals surface area contributed by atoms with E-state index in [4.69, 9.17) is 4.98 Å². The third-order valence-corrected chi connectivity index (χ3v) is 5.41.